The summed E-state index contributed by atoms with van der Waals surface area (Å²) in [6.07, 6.45) is -4.31. The van der Waals surface area contributed by atoms with Gasteiger partial charge in [-0.3, -0.25) is 4.99 Å². The Labute approximate surface area is 84.2 Å². The molecule has 0 aliphatic rings. The Kier molecular flexibility index (Phi) is 3.52. The van der Waals surface area contributed by atoms with E-state index in [0.29, 0.717) is 5.56 Å². The highest BCUT2D eigenvalue weighted by Crippen LogP contribution is 2.15. The Morgan fingerprint density at radius 2 is 1.79 bits per heavy atom. The molecule has 0 radical (unpaired) electrons. The number of halogens is 4. The van der Waals surface area contributed by atoms with E-state index in [1.54, 1.807) is 30.3 Å². The van der Waals surface area contributed by atoms with Crippen molar-refractivity contribution < 1.29 is 13.2 Å². The Hall–Kier alpha value is -1.03. The lowest BCUT2D eigenvalue weighted by Gasteiger charge is -2.02. The van der Waals surface area contributed by atoms with Gasteiger partial charge in [-0.15, -0.1) is 0 Å². The molecule has 1 nitrogen and oxygen atoms in total. The number of benzene rings is 1. The summed E-state index contributed by atoms with van der Waals surface area (Å²) in [6.45, 7) is -1.25. The molecule has 0 fully saturated rings. The largest absolute Gasteiger partial charge is 0.408 e. The predicted molar refractivity (Wildman–Crippen MR) is 49.8 cm³/mol. The molecule has 1 rings (SSSR count). The van der Waals surface area contributed by atoms with Crippen LogP contribution in [-0.2, 0) is 0 Å². The van der Waals surface area contributed by atoms with E-state index in [1.807, 2.05) is 0 Å². The third-order valence-corrected chi connectivity index (χ3v) is 1.75. The molecule has 76 valence electrons. The molecule has 0 spiro atoms. The Balaban J connectivity index is 2.71. The maximum atomic E-state index is 11.8. The van der Waals surface area contributed by atoms with Gasteiger partial charge in [0.05, 0.1) is 0 Å². The lowest BCUT2D eigenvalue weighted by Crippen LogP contribution is -2.13. The minimum Gasteiger partial charge on any atom is -0.263 e. The molecule has 0 saturated heterocycles. The molecule has 0 aliphatic heterocycles. The van der Waals surface area contributed by atoms with Gasteiger partial charge in [-0.05, 0) is 0 Å². The van der Waals surface area contributed by atoms with Crippen molar-refractivity contribution in [2.75, 3.05) is 6.54 Å². The normalized spacial score (nSPS) is 13.0. The molecule has 0 saturated carbocycles. The van der Waals surface area contributed by atoms with Gasteiger partial charge >= 0.3 is 6.18 Å². The Morgan fingerprint density at radius 3 is 2.29 bits per heavy atom. The van der Waals surface area contributed by atoms with Crippen LogP contribution in [0.1, 0.15) is 5.56 Å². The molecule has 1 aromatic carbocycles. The van der Waals surface area contributed by atoms with Crippen LogP contribution < -0.4 is 0 Å². The molecule has 1 aromatic rings. The summed E-state index contributed by atoms with van der Waals surface area (Å²) in [5.74, 6) is 0. The van der Waals surface area contributed by atoms with Crippen molar-refractivity contribution in [1.29, 1.82) is 0 Å². The van der Waals surface area contributed by atoms with Crippen LogP contribution >= 0.6 is 11.6 Å². The van der Waals surface area contributed by atoms with Crippen LogP contribution in [0.25, 0.3) is 0 Å². The molecular formula is C9H7ClF3N. The molecule has 0 atom stereocenters. The topological polar surface area (TPSA) is 12.4 Å². The van der Waals surface area contributed by atoms with E-state index in [9.17, 15) is 13.2 Å². The molecular weight excluding hydrogens is 215 g/mol. The number of alkyl halides is 3. The third kappa shape index (κ3) is 3.79. The van der Waals surface area contributed by atoms with Crippen molar-refractivity contribution >= 4 is 16.8 Å². The highest BCUT2D eigenvalue weighted by Gasteiger charge is 2.26. The van der Waals surface area contributed by atoms with Gasteiger partial charge in [0.1, 0.15) is 11.7 Å². The predicted octanol–water partition coefficient (Wildman–Crippen LogP) is 3.23. The zero-order valence-electron chi connectivity index (χ0n) is 7.05. The van der Waals surface area contributed by atoms with Crippen LogP contribution in [-0.4, -0.2) is 17.9 Å². The third-order valence-electron chi connectivity index (χ3n) is 1.41. The van der Waals surface area contributed by atoms with Crippen molar-refractivity contribution in [1.82, 2.24) is 0 Å². The van der Waals surface area contributed by atoms with Gasteiger partial charge in [-0.2, -0.15) is 13.2 Å². The Morgan fingerprint density at radius 1 is 1.21 bits per heavy atom. The van der Waals surface area contributed by atoms with E-state index >= 15 is 0 Å². The summed E-state index contributed by atoms with van der Waals surface area (Å²) in [5, 5.41) is -0.122. The van der Waals surface area contributed by atoms with Gasteiger partial charge in [0.2, 0.25) is 0 Å². The first-order valence-electron chi connectivity index (χ1n) is 3.81. The quantitative estimate of drug-likeness (QED) is 0.680. The molecule has 5 heteroatoms. The minimum atomic E-state index is -4.31. The number of hydrogen-bond donors (Lipinski definition) is 0. The van der Waals surface area contributed by atoms with Crippen LogP contribution in [0.5, 0.6) is 0 Å². The zero-order valence-corrected chi connectivity index (χ0v) is 7.81. The van der Waals surface area contributed by atoms with E-state index in [2.05, 4.69) is 4.99 Å². The Bertz CT molecular complexity index is 319. The molecule has 0 heterocycles. The second-order valence-corrected chi connectivity index (χ2v) is 2.95. The van der Waals surface area contributed by atoms with Crippen molar-refractivity contribution in [3.05, 3.63) is 35.9 Å². The summed E-state index contributed by atoms with van der Waals surface area (Å²) >= 11 is 5.56. The van der Waals surface area contributed by atoms with Crippen molar-refractivity contribution in [2.24, 2.45) is 4.99 Å². The van der Waals surface area contributed by atoms with E-state index in [4.69, 9.17) is 11.6 Å². The standard InChI is InChI=1S/C9H7ClF3N/c10-8(14-6-9(11,12)13)7-4-2-1-3-5-7/h1-5H,6H2. The summed E-state index contributed by atoms with van der Waals surface area (Å²) in [6, 6.07) is 8.31. The van der Waals surface area contributed by atoms with E-state index in [0.717, 1.165) is 0 Å². The second kappa shape index (κ2) is 4.46. The highest BCUT2D eigenvalue weighted by atomic mass is 35.5. The van der Waals surface area contributed by atoms with Crippen LogP contribution in [0.4, 0.5) is 13.2 Å². The lowest BCUT2D eigenvalue weighted by atomic mass is 10.2. The number of rotatable bonds is 2. The molecule has 0 aromatic heterocycles. The van der Waals surface area contributed by atoms with Gasteiger partial charge in [0.25, 0.3) is 0 Å². The SMILES string of the molecule is FC(F)(F)CN=C(Cl)c1ccccc1. The van der Waals surface area contributed by atoms with Crippen molar-refractivity contribution in [3.8, 4) is 0 Å². The van der Waals surface area contributed by atoms with E-state index < -0.39 is 12.7 Å². The first-order chi connectivity index (χ1) is 6.49. The first kappa shape index (κ1) is 11.0. The average Bonchev–Trinajstić information content (AvgIpc) is 2.14. The number of hydrogen-bond acceptors (Lipinski definition) is 1. The molecule has 0 N–H and O–H groups in total. The van der Waals surface area contributed by atoms with Gasteiger partial charge in [-0.1, -0.05) is 41.9 Å². The monoisotopic (exact) mass is 221 g/mol. The summed E-state index contributed by atoms with van der Waals surface area (Å²) in [5.41, 5.74) is 0.485. The molecule has 0 bridgehead atoms. The van der Waals surface area contributed by atoms with Crippen LogP contribution in [0.2, 0.25) is 0 Å². The summed E-state index contributed by atoms with van der Waals surface area (Å²) < 4.78 is 35.3. The van der Waals surface area contributed by atoms with Crippen LogP contribution in [0.3, 0.4) is 0 Å². The van der Waals surface area contributed by atoms with E-state index in [-0.39, 0.29) is 5.17 Å². The van der Waals surface area contributed by atoms with Gasteiger partial charge < -0.3 is 0 Å². The number of nitrogens with zero attached hydrogens (tertiary/aromatic N) is 1. The smallest absolute Gasteiger partial charge is 0.263 e. The van der Waals surface area contributed by atoms with Crippen LogP contribution in [0, 0.1) is 0 Å². The molecule has 0 unspecified atom stereocenters. The molecule has 0 aliphatic carbocycles. The van der Waals surface area contributed by atoms with Gasteiger partial charge in [0, 0.05) is 5.56 Å². The summed E-state index contributed by atoms with van der Waals surface area (Å²) in [4.78, 5) is 3.22. The van der Waals surface area contributed by atoms with Crippen LogP contribution in [0.15, 0.2) is 35.3 Å². The highest BCUT2D eigenvalue weighted by molar-refractivity contribution is 6.69. The molecule has 14 heavy (non-hydrogen) atoms. The van der Waals surface area contributed by atoms with Crippen molar-refractivity contribution in [2.45, 2.75) is 6.18 Å². The number of aliphatic imine (C=N–C) groups is 1. The lowest BCUT2D eigenvalue weighted by molar-refractivity contribution is -0.118. The second-order valence-electron chi connectivity index (χ2n) is 2.59. The van der Waals surface area contributed by atoms with E-state index in [1.165, 1.54) is 0 Å². The van der Waals surface area contributed by atoms with Gasteiger partial charge in [0.15, 0.2) is 0 Å². The maximum Gasteiger partial charge on any atom is 0.408 e. The zero-order chi connectivity index (χ0) is 10.6. The first-order valence-corrected chi connectivity index (χ1v) is 4.19. The fraction of sp³-hybridized carbons (Fsp3) is 0.222. The maximum absolute atomic E-state index is 11.8. The fourth-order valence-electron chi connectivity index (χ4n) is 0.826. The average molecular weight is 222 g/mol. The van der Waals surface area contributed by atoms with Gasteiger partial charge in [-0.25, -0.2) is 0 Å². The summed E-state index contributed by atoms with van der Waals surface area (Å²) in [7, 11) is 0. The van der Waals surface area contributed by atoms with Crippen molar-refractivity contribution in [3.63, 3.8) is 0 Å². The molecule has 0 amide bonds. The minimum absolute atomic E-state index is 0.122. The fourth-order valence-corrected chi connectivity index (χ4v) is 1.01.